The number of hydrogen-bond donors (Lipinski definition) is 0. The lowest BCUT2D eigenvalue weighted by Gasteiger charge is -2.02. The highest BCUT2D eigenvalue weighted by Gasteiger charge is 2.12. The van der Waals surface area contributed by atoms with Crippen molar-refractivity contribution in [2.75, 3.05) is 0 Å². The Labute approximate surface area is 134 Å². The van der Waals surface area contributed by atoms with Crippen LogP contribution < -0.4 is 0 Å². The molecule has 3 rings (SSSR count). The van der Waals surface area contributed by atoms with Crippen molar-refractivity contribution in [3.8, 4) is 0 Å². The van der Waals surface area contributed by atoms with Crippen LogP contribution in [0.3, 0.4) is 0 Å². The van der Waals surface area contributed by atoms with E-state index in [4.69, 9.17) is 4.74 Å². The van der Waals surface area contributed by atoms with Gasteiger partial charge in [-0.2, -0.15) is 0 Å². The van der Waals surface area contributed by atoms with E-state index in [0.29, 0.717) is 11.5 Å². The third-order valence-electron chi connectivity index (χ3n) is 2.89. The Hall–Kier alpha value is -1.40. The van der Waals surface area contributed by atoms with Gasteiger partial charge in [0.25, 0.3) is 0 Å². The third kappa shape index (κ3) is 3.02. The van der Waals surface area contributed by atoms with Crippen molar-refractivity contribution >= 4 is 50.0 Å². The Balaban J connectivity index is 1.75. The van der Waals surface area contributed by atoms with Crippen molar-refractivity contribution in [1.29, 1.82) is 0 Å². The molecule has 1 aromatic heterocycles. The van der Waals surface area contributed by atoms with Crippen LogP contribution in [0.1, 0.15) is 15.2 Å². The zero-order chi connectivity index (χ0) is 13.9. The van der Waals surface area contributed by atoms with Crippen LogP contribution >= 0.6 is 33.9 Å². The van der Waals surface area contributed by atoms with E-state index in [1.807, 2.05) is 48.5 Å². The number of carbonyl (C=O) groups excluding carboxylic acids is 1. The normalized spacial score (nSPS) is 10.7. The van der Waals surface area contributed by atoms with Crippen molar-refractivity contribution in [3.63, 3.8) is 0 Å². The summed E-state index contributed by atoms with van der Waals surface area (Å²) in [5, 5.41) is 1.09. The van der Waals surface area contributed by atoms with Crippen molar-refractivity contribution in [1.82, 2.24) is 0 Å². The molecule has 2 aromatic carbocycles. The summed E-state index contributed by atoms with van der Waals surface area (Å²) in [5.74, 6) is -0.259. The minimum Gasteiger partial charge on any atom is -0.457 e. The van der Waals surface area contributed by atoms with Gasteiger partial charge in [-0.05, 0) is 57.8 Å². The van der Waals surface area contributed by atoms with Gasteiger partial charge in [-0.25, -0.2) is 4.79 Å². The first-order chi connectivity index (χ1) is 9.72. The summed E-state index contributed by atoms with van der Waals surface area (Å²) in [4.78, 5) is 12.7. The van der Waals surface area contributed by atoms with Crippen LogP contribution in [0.4, 0.5) is 0 Å². The summed E-state index contributed by atoms with van der Waals surface area (Å²) >= 11 is 3.74. The molecule has 0 saturated heterocycles. The molecule has 0 unspecified atom stereocenters. The van der Waals surface area contributed by atoms with E-state index in [2.05, 4.69) is 28.7 Å². The van der Waals surface area contributed by atoms with Crippen molar-refractivity contribution in [2.45, 2.75) is 6.61 Å². The first-order valence-electron chi connectivity index (χ1n) is 6.12. The van der Waals surface area contributed by atoms with E-state index in [1.165, 1.54) is 11.3 Å². The van der Waals surface area contributed by atoms with E-state index < -0.39 is 0 Å². The second kappa shape index (κ2) is 5.93. The number of esters is 1. The summed E-state index contributed by atoms with van der Waals surface area (Å²) in [5.41, 5.74) is 0.997. The minimum atomic E-state index is -0.259. The quantitative estimate of drug-likeness (QED) is 0.469. The number of halogens is 1. The van der Waals surface area contributed by atoms with Gasteiger partial charge in [0.15, 0.2) is 0 Å². The molecule has 0 aliphatic carbocycles. The Morgan fingerprint density at radius 1 is 1.10 bits per heavy atom. The van der Waals surface area contributed by atoms with Gasteiger partial charge in [0, 0.05) is 8.27 Å². The minimum absolute atomic E-state index is 0.259. The molecular weight excluding hydrogens is 383 g/mol. The fraction of sp³-hybridized carbons (Fsp3) is 0.0625. The number of fused-ring (bicyclic) bond motifs is 1. The molecule has 100 valence electrons. The highest BCUT2D eigenvalue weighted by molar-refractivity contribution is 14.1. The second-order valence-electron chi connectivity index (χ2n) is 4.35. The van der Waals surface area contributed by atoms with Crippen LogP contribution in [0, 0.1) is 3.57 Å². The summed E-state index contributed by atoms with van der Waals surface area (Å²) in [6.07, 6.45) is 0. The molecule has 0 saturated carbocycles. The van der Waals surface area contributed by atoms with Crippen molar-refractivity contribution in [3.05, 3.63) is 68.6 Å². The SMILES string of the molecule is O=C(OCc1ccccc1)c1cc2cc(I)ccc2s1. The highest BCUT2D eigenvalue weighted by Crippen LogP contribution is 2.27. The molecule has 3 aromatic rings. The van der Waals surface area contributed by atoms with Crippen LogP contribution in [0.25, 0.3) is 10.1 Å². The lowest BCUT2D eigenvalue weighted by Crippen LogP contribution is -2.02. The first-order valence-corrected chi connectivity index (χ1v) is 8.02. The van der Waals surface area contributed by atoms with Gasteiger partial charge in [-0.15, -0.1) is 11.3 Å². The number of benzene rings is 2. The molecule has 0 atom stereocenters. The van der Waals surface area contributed by atoms with Gasteiger partial charge in [0.2, 0.25) is 0 Å². The van der Waals surface area contributed by atoms with E-state index in [9.17, 15) is 4.79 Å². The van der Waals surface area contributed by atoms with Crippen LogP contribution in [-0.2, 0) is 11.3 Å². The summed E-state index contributed by atoms with van der Waals surface area (Å²) < 4.78 is 7.62. The third-order valence-corrected chi connectivity index (χ3v) is 4.66. The molecule has 0 spiro atoms. The predicted molar refractivity (Wildman–Crippen MR) is 90.1 cm³/mol. The zero-order valence-corrected chi connectivity index (χ0v) is 13.5. The number of carbonyl (C=O) groups is 1. The molecule has 0 bridgehead atoms. The smallest absolute Gasteiger partial charge is 0.348 e. The Kier molecular flexibility index (Phi) is 4.03. The van der Waals surface area contributed by atoms with Crippen LogP contribution in [0.2, 0.25) is 0 Å². The molecule has 20 heavy (non-hydrogen) atoms. The first kappa shape index (κ1) is 13.6. The Bertz CT molecular complexity index is 750. The molecule has 0 fully saturated rings. The molecule has 2 nitrogen and oxygen atoms in total. The molecule has 0 aliphatic rings. The van der Waals surface area contributed by atoms with Crippen molar-refractivity contribution in [2.24, 2.45) is 0 Å². The molecule has 1 heterocycles. The standard InChI is InChI=1S/C16H11IO2S/c17-13-6-7-14-12(8-13)9-15(20-14)16(18)19-10-11-4-2-1-3-5-11/h1-9H,10H2. The maximum Gasteiger partial charge on any atom is 0.348 e. The van der Waals surface area contributed by atoms with Gasteiger partial charge in [0.05, 0.1) is 0 Å². The van der Waals surface area contributed by atoms with Gasteiger partial charge in [-0.1, -0.05) is 30.3 Å². The fourth-order valence-electron chi connectivity index (χ4n) is 1.91. The highest BCUT2D eigenvalue weighted by atomic mass is 127. The summed E-state index contributed by atoms with van der Waals surface area (Å²) in [7, 11) is 0. The average molecular weight is 394 g/mol. The lowest BCUT2D eigenvalue weighted by molar-refractivity contribution is 0.0478. The maximum absolute atomic E-state index is 12.1. The maximum atomic E-state index is 12.1. The molecule has 0 N–H and O–H groups in total. The molecule has 0 radical (unpaired) electrons. The zero-order valence-electron chi connectivity index (χ0n) is 10.5. The largest absolute Gasteiger partial charge is 0.457 e. The fourth-order valence-corrected chi connectivity index (χ4v) is 3.36. The Morgan fingerprint density at radius 3 is 2.70 bits per heavy atom. The number of ether oxygens (including phenoxy) is 1. The van der Waals surface area contributed by atoms with Gasteiger partial charge in [0.1, 0.15) is 11.5 Å². The van der Waals surface area contributed by atoms with Crippen LogP contribution in [0.15, 0.2) is 54.6 Å². The van der Waals surface area contributed by atoms with E-state index in [0.717, 1.165) is 19.2 Å². The topological polar surface area (TPSA) is 26.3 Å². The van der Waals surface area contributed by atoms with E-state index in [1.54, 1.807) is 0 Å². The number of hydrogen-bond acceptors (Lipinski definition) is 3. The monoisotopic (exact) mass is 394 g/mol. The predicted octanol–water partition coefficient (Wildman–Crippen LogP) is 4.86. The van der Waals surface area contributed by atoms with Crippen LogP contribution in [-0.4, -0.2) is 5.97 Å². The Morgan fingerprint density at radius 2 is 1.90 bits per heavy atom. The average Bonchev–Trinajstić information content (AvgIpc) is 2.89. The lowest BCUT2D eigenvalue weighted by atomic mass is 10.2. The van der Waals surface area contributed by atoms with E-state index >= 15 is 0 Å². The number of rotatable bonds is 3. The van der Waals surface area contributed by atoms with Gasteiger partial charge < -0.3 is 4.74 Å². The summed E-state index contributed by atoms with van der Waals surface area (Å²) in [6.45, 7) is 0.311. The molecule has 4 heteroatoms. The van der Waals surface area contributed by atoms with Gasteiger partial charge in [-0.3, -0.25) is 0 Å². The molecule has 0 amide bonds. The second-order valence-corrected chi connectivity index (χ2v) is 6.68. The van der Waals surface area contributed by atoms with E-state index in [-0.39, 0.29) is 5.97 Å². The molecule has 0 aliphatic heterocycles. The number of thiophene rings is 1. The molecular formula is C16H11IO2S. The summed E-state index contributed by atoms with van der Waals surface area (Å²) in [6, 6.07) is 17.7. The van der Waals surface area contributed by atoms with Crippen LogP contribution in [0.5, 0.6) is 0 Å². The van der Waals surface area contributed by atoms with Gasteiger partial charge >= 0.3 is 5.97 Å². The van der Waals surface area contributed by atoms with Crippen molar-refractivity contribution < 1.29 is 9.53 Å².